The van der Waals surface area contributed by atoms with E-state index in [1.165, 1.54) is 0 Å². The average molecular weight is 258 g/mol. The molecule has 0 saturated heterocycles. The van der Waals surface area contributed by atoms with Gasteiger partial charge < -0.3 is 5.11 Å². The summed E-state index contributed by atoms with van der Waals surface area (Å²) in [6, 6.07) is 6.70. The number of aliphatic hydroxyl groups excluding tert-OH is 1. The van der Waals surface area contributed by atoms with Crippen molar-refractivity contribution in [3.63, 3.8) is 0 Å². The largest absolute Gasteiger partial charge is 0.507 e. The third-order valence-electron chi connectivity index (χ3n) is 3.86. The van der Waals surface area contributed by atoms with E-state index in [0.29, 0.717) is 23.5 Å². The second-order valence-electron chi connectivity index (χ2n) is 5.46. The lowest BCUT2D eigenvalue weighted by Crippen LogP contribution is -2.25. The minimum Gasteiger partial charge on any atom is -0.507 e. The first-order valence-corrected chi connectivity index (χ1v) is 6.54. The molecule has 19 heavy (non-hydrogen) atoms. The molecule has 0 saturated carbocycles. The van der Waals surface area contributed by atoms with E-state index in [9.17, 15) is 14.7 Å². The first kappa shape index (κ1) is 13.5. The summed E-state index contributed by atoms with van der Waals surface area (Å²) in [4.78, 5) is 24.1. The van der Waals surface area contributed by atoms with Crippen LogP contribution in [-0.2, 0) is 4.79 Å². The SMILES string of the molecule is CC(C)[C@@H](C)CC1=C(O)c2ccccc2C(=O)C1=O. The summed E-state index contributed by atoms with van der Waals surface area (Å²) < 4.78 is 0. The number of allylic oxidation sites excluding steroid dienone is 1. The molecule has 0 amide bonds. The number of carbonyl (C=O) groups is 2. The van der Waals surface area contributed by atoms with Gasteiger partial charge in [-0.1, -0.05) is 45.0 Å². The van der Waals surface area contributed by atoms with Crippen LogP contribution in [0.15, 0.2) is 29.8 Å². The highest BCUT2D eigenvalue weighted by Gasteiger charge is 2.33. The lowest BCUT2D eigenvalue weighted by atomic mass is 9.82. The molecule has 0 aromatic heterocycles. The monoisotopic (exact) mass is 258 g/mol. The Balaban J connectivity index is 2.48. The molecule has 1 N–H and O–H groups in total. The molecule has 0 fully saturated rings. The first-order valence-electron chi connectivity index (χ1n) is 6.54. The van der Waals surface area contributed by atoms with Gasteiger partial charge in [0.25, 0.3) is 0 Å². The van der Waals surface area contributed by atoms with Crippen molar-refractivity contribution in [1.29, 1.82) is 0 Å². The second kappa shape index (κ2) is 5.00. The molecule has 0 radical (unpaired) electrons. The lowest BCUT2D eigenvalue weighted by molar-refractivity contribution is -0.112. The van der Waals surface area contributed by atoms with Crippen LogP contribution in [0, 0.1) is 11.8 Å². The minimum atomic E-state index is -0.566. The number of hydrogen-bond acceptors (Lipinski definition) is 3. The number of hydrogen-bond donors (Lipinski definition) is 1. The molecule has 2 rings (SSSR count). The lowest BCUT2D eigenvalue weighted by Gasteiger charge is -2.21. The zero-order chi connectivity index (χ0) is 14.2. The van der Waals surface area contributed by atoms with Gasteiger partial charge in [0.15, 0.2) is 0 Å². The molecule has 0 heterocycles. The van der Waals surface area contributed by atoms with Crippen LogP contribution in [0.3, 0.4) is 0 Å². The number of carbonyl (C=O) groups excluding carboxylic acids is 2. The van der Waals surface area contributed by atoms with Crippen LogP contribution in [0.2, 0.25) is 0 Å². The predicted molar refractivity (Wildman–Crippen MR) is 73.9 cm³/mol. The van der Waals surface area contributed by atoms with Gasteiger partial charge >= 0.3 is 0 Å². The fraction of sp³-hybridized carbons (Fsp3) is 0.375. The van der Waals surface area contributed by atoms with E-state index in [1.807, 2.05) is 6.92 Å². The highest BCUT2D eigenvalue weighted by Crippen LogP contribution is 2.32. The van der Waals surface area contributed by atoms with Gasteiger partial charge in [-0.2, -0.15) is 0 Å². The summed E-state index contributed by atoms with van der Waals surface area (Å²) in [6.07, 6.45) is 0.433. The summed E-state index contributed by atoms with van der Waals surface area (Å²) in [6.45, 7) is 6.14. The Hall–Kier alpha value is -1.90. The van der Waals surface area contributed by atoms with Crippen molar-refractivity contribution < 1.29 is 14.7 Å². The van der Waals surface area contributed by atoms with Crippen LogP contribution >= 0.6 is 0 Å². The van der Waals surface area contributed by atoms with Crippen LogP contribution in [0.4, 0.5) is 0 Å². The van der Waals surface area contributed by atoms with Gasteiger partial charge in [0, 0.05) is 16.7 Å². The first-order chi connectivity index (χ1) is 8.93. The van der Waals surface area contributed by atoms with Crippen molar-refractivity contribution >= 4 is 17.3 Å². The molecular formula is C16H18O3. The summed E-state index contributed by atoms with van der Waals surface area (Å²) in [5.41, 5.74) is 1.02. The summed E-state index contributed by atoms with van der Waals surface area (Å²) in [7, 11) is 0. The molecule has 100 valence electrons. The Labute approximate surface area is 113 Å². The van der Waals surface area contributed by atoms with Crippen LogP contribution < -0.4 is 0 Å². The topological polar surface area (TPSA) is 54.4 Å². The van der Waals surface area contributed by atoms with Crippen LogP contribution in [0.5, 0.6) is 0 Å². The zero-order valence-corrected chi connectivity index (χ0v) is 11.4. The quantitative estimate of drug-likeness (QED) is 0.845. The molecule has 1 aliphatic rings. The molecule has 0 bridgehead atoms. The van der Waals surface area contributed by atoms with Gasteiger partial charge in [-0.3, -0.25) is 9.59 Å². The van der Waals surface area contributed by atoms with Crippen LogP contribution in [-0.4, -0.2) is 16.7 Å². The van der Waals surface area contributed by atoms with Gasteiger partial charge in [0.1, 0.15) is 5.76 Å². The van der Waals surface area contributed by atoms with E-state index < -0.39 is 11.6 Å². The van der Waals surface area contributed by atoms with Crippen LogP contribution in [0.1, 0.15) is 43.1 Å². The van der Waals surface area contributed by atoms with Crippen LogP contribution in [0.25, 0.3) is 5.76 Å². The standard InChI is InChI=1S/C16H18O3/c1-9(2)10(3)8-13-14(17)11-6-4-5-7-12(11)15(18)16(13)19/h4-7,9-10,17H,8H2,1-3H3/t10-/m0/s1. The molecule has 1 aromatic carbocycles. The highest BCUT2D eigenvalue weighted by atomic mass is 16.3. The maximum atomic E-state index is 12.1. The molecule has 0 unspecified atom stereocenters. The van der Waals surface area contributed by atoms with Gasteiger partial charge in [0.2, 0.25) is 11.6 Å². The number of rotatable bonds is 3. The molecule has 1 aromatic rings. The van der Waals surface area contributed by atoms with Crippen molar-refractivity contribution in [1.82, 2.24) is 0 Å². The van der Waals surface area contributed by atoms with Gasteiger partial charge in [-0.25, -0.2) is 0 Å². The Bertz CT molecular complexity index is 567. The van der Waals surface area contributed by atoms with E-state index in [1.54, 1.807) is 24.3 Å². The highest BCUT2D eigenvalue weighted by molar-refractivity contribution is 6.52. The molecule has 0 spiro atoms. The Kier molecular flexibility index (Phi) is 3.56. The normalized spacial score (nSPS) is 16.8. The molecule has 1 aliphatic carbocycles. The van der Waals surface area contributed by atoms with Crippen molar-refractivity contribution in [2.24, 2.45) is 11.8 Å². The second-order valence-corrected chi connectivity index (χ2v) is 5.46. The Morgan fingerprint density at radius 2 is 1.58 bits per heavy atom. The van der Waals surface area contributed by atoms with Crippen molar-refractivity contribution in [2.75, 3.05) is 0 Å². The number of fused-ring (bicyclic) bond motifs is 1. The van der Waals surface area contributed by atoms with E-state index >= 15 is 0 Å². The minimum absolute atomic E-state index is 0.0345. The molecule has 0 aliphatic heterocycles. The van der Waals surface area contributed by atoms with E-state index in [-0.39, 0.29) is 17.3 Å². The number of ketones is 2. The summed E-state index contributed by atoms with van der Waals surface area (Å²) in [5, 5.41) is 10.2. The summed E-state index contributed by atoms with van der Waals surface area (Å²) in [5.74, 6) is -0.490. The average Bonchev–Trinajstić information content (AvgIpc) is 2.40. The maximum absolute atomic E-state index is 12.1. The van der Waals surface area contributed by atoms with E-state index in [4.69, 9.17) is 0 Å². The molecule has 1 atom stereocenters. The zero-order valence-electron chi connectivity index (χ0n) is 11.4. The summed E-state index contributed by atoms with van der Waals surface area (Å²) >= 11 is 0. The smallest absolute Gasteiger partial charge is 0.234 e. The fourth-order valence-electron chi connectivity index (χ4n) is 2.16. The van der Waals surface area contributed by atoms with Crippen molar-refractivity contribution in [3.05, 3.63) is 41.0 Å². The predicted octanol–water partition coefficient (Wildman–Crippen LogP) is 3.40. The maximum Gasteiger partial charge on any atom is 0.234 e. The Morgan fingerprint density at radius 3 is 2.16 bits per heavy atom. The van der Waals surface area contributed by atoms with Gasteiger partial charge in [-0.15, -0.1) is 0 Å². The van der Waals surface area contributed by atoms with E-state index in [0.717, 1.165) is 0 Å². The fourth-order valence-corrected chi connectivity index (χ4v) is 2.16. The van der Waals surface area contributed by atoms with Crippen molar-refractivity contribution in [3.8, 4) is 0 Å². The third kappa shape index (κ3) is 2.33. The van der Waals surface area contributed by atoms with Gasteiger partial charge in [0.05, 0.1) is 0 Å². The molecular weight excluding hydrogens is 240 g/mol. The molecule has 3 nitrogen and oxygen atoms in total. The number of aliphatic hydroxyl groups is 1. The molecule has 3 heteroatoms. The number of benzene rings is 1. The third-order valence-corrected chi connectivity index (χ3v) is 3.86. The van der Waals surface area contributed by atoms with E-state index in [2.05, 4.69) is 13.8 Å². The Morgan fingerprint density at radius 1 is 1.00 bits per heavy atom. The van der Waals surface area contributed by atoms with Gasteiger partial charge in [-0.05, 0) is 18.3 Å². The number of Topliss-reactive ketones (excluding diaryl/α,β-unsaturated/α-hetero) is 2. The van der Waals surface area contributed by atoms with Crippen molar-refractivity contribution in [2.45, 2.75) is 27.2 Å².